The molecule has 1 N–H and O–H groups in total. The molecule has 0 radical (unpaired) electrons. The molecule has 0 aromatic carbocycles. The van der Waals surface area contributed by atoms with Crippen LogP contribution in [0.2, 0.25) is 0 Å². The second-order valence-electron chi connectivity index (χ2n) is 3.83. The maximum absolute atomic E-state index is 11.7. The van der Waals surface area contributed by atoms with Gasteiger partial charge < -0.3 is 5.32 Å². The molecule has 0 aliphatic carbocycles. The van der Waals surface area contributed by atoms with E-state index >= 15 is 0 Å². The van der Waals surface area contributed by atoms with Crippen molar-refractivity contribution in [2.45, 2.75) is 37.6 Å². The monoisotopic (exact) mass is 290 g/mol. The molecule has 1 amide bonds. The van der Waals surface area contributed by atoms with Crippen LogP contribution in [0, 0.1) is 0 Å². The van der Waals surface area contributed by atoms with E-state index in [-0.39, 0.29) is 10.7 Å². The molecule has 1 atom stereocenters. The van der Waals surface area contributed by atoms with E-state index in [1.165, 1.54) is 0 Å². The van der Waals surface area contributed by atoms with E-state index < -0.39 is 5.54 Å². The molecule has 1 rings (SSSR count). The molecule has 1 unspecified atom stereocenters. The van der Waals surface area contributed by atoms with Crippen LogP contribution in [0.1, 0.15) is 32.2 Å². The molecule has 3 nitrogen and oxygen atoms in total. The predicted molar refractivity (Wildman–Crippen MR) is 66.3 cm³/mol. The number of rotatable bonds is 4. The molecule has 0 spiro atoms. The summed E-state index contributed by atoms with van der Waals surface area (Å²) in [7, 11) is 0. The summed E-state index contributed by atoms with van der Waals surface area (Å²) in [6, 6.07) is 0. The van der Waals surface area contributed by atoms with Gasteiger partial charge in [-0.3, -0.25) is 4.79 Å². The number of amides is 1. The molecule has 0 fully saturated rings. The van der Waals surface area contributed by atoms with Gasteiger partial charge in [-0.05, 0) is 20.3 Å². The Balaban J connectivity index is 2.69. The molecular formula is C10H15BrN2OS. The number of nitrogens with zero attached hydrogens (tertiary/aromatic N) is 1. The molecule has 1 heterocycles. The Labute approximate surface area is 102 Å². The molecule has 15 heavy (non-hydrogen) atoms. The average molecular weight is 291 g/mol. The zero-order chi connectivity index (χ0) is 11.5. The highest BCUT2D eigenvalue weighted by atomic mass is 79.9. The normalized spacial score (nSPS) is 13.6. The maximum Gasteiger partial charge on any atom is 0.234 e. The van der Waals surface area contributed by atoms with Crippen LogP contribution in [0.25, 0.3) is 0 Å². The van der Waals surface area contributed by atoms with Crippen LogP contribution < -0.4 is 5.32 Å². The highest BCUT2D eigenvalue weighted by molar-refractivity contribution is 9.10. The van der Waals surface area contributed by atoms with E-state index in [1.807, 2.05) is 26.2 Å². The van der Waals surface area contributed by atoms with E-state index in [0.717, 1.165) is 11.4 Å². The molecule has 1 aromatic rings. The van der Waals surface area contributed by atoms with Crippen LogP contribution in [0.4, 0.5) is 0 Å². The molecule has 0 bridgehead atoms. The van der Waals surface area contributed by atoms with Crippen molar-refractivity contribution in [3.63, 3.8) is 0 Å². The van der Waals surface area contributed by atoms with Crippen molar-refractivity contribution < 1.29 is 4.79 Å². The van der Waals surface area contributed by atoms with Gasteiger partial charge in [-0.2, -0.15) is 0 Å². The fourth-order valence-electron chi connectivity index (χ4n) is 1.16. The Kier molecular flexibility index (Phi) is 4.28. The van der Waals surface area contributed by atoms with Gasteiger partial charge in [0.25, 0.3) is 0 Å². The van der Waals surface area contributed by atoms with Crippen LogP contribution in [-0.2, 0) is 10.3 Å². The minimum atomic E-state index is -0.396. The number of thiazole rings is 1. The first kappa shape index (κ1) is 12.6. The number of carbonyl (C=O) groups excluding carboxylic acids is 1. The summed E-state index contributed by atoms with van der Waals surface area (Å²) >= 11 is 4.88. The first-order valence-corrected chi connectivity index (χ1v) is 6.63. The van der Waals surface area contributed by atoms with Gasteiger partial charge >= 0.3 is 0 Å². The van der Waals surface area contributed by atoms with Crippen molar-refractivity contribution in [1.29, 1.82) is 0 Å². The third kappa shape index (κ3) is 3.28. The van der Waals surface area contributed by atoms with Gasteiger partial charge in [-0.1, -0.05) is 22.9 Å². The largest absolute Gasteiger partial charge is 0.344 e. The van der Waals surface area contributed by atoms with Crippen LogP contribution in [-0.4, -0.2) is 15.7 Å². The quantitative estimate of drug-likeness (QED) is 0.867. The standard InChI is InChI=1S/C10H15BrN2OS/c1-4-7(11)8(14)13-10(2,3)9-12-5-6-15-9/h5-7H,4H2,1-3H3,(H,13,14). The van der Waals surface area contributed by atoms with Gasteiger partial charge in [0.15, 0.2) is 0 Å². The minimum absolute atomic E-state index is 0.0118. The topological polar surface area (TPSA) is 42.0 Å². The Morgan fingerprint density at radius 3 is 2.87 bits per heavy atom. The highest BCUT2D eigenvalue weighted by Gasteiger charge is 2.27. The SMILES string of the molecule is CCC(Br)C(=O)NC(C)(C)c1nccs1. The summed E-state index contributed by atoms with van der Waals surface area (Å²) in [6.45, 7) is 5.88. The van der Waals surface area contributed by atoms with Crippen molar-refractivity contribution in [2.24, 2.45) is 0 Å². The van der Waals surface area contributed by atoms with Gasteiger partial charge in [0.05, 0.1) is 10.4 Å². The van der Waals surface area contributed by atoms with Crippen LogP contribution >= 0.6 is 27.3 Å². The number of alkyl halides is 1. The van der Waals surface area contributed by atoms with Crippen molar-refractivity contribution in [3.05, 3.63) is 16.6 Å². The third-order valence-electron chi connectivity index (χ3n) is 2.05. The van der Waals surface area contributed by atoms with E-state index in [0.29, 0.717) is 0 Å². The number of carbonyl (C=O) groups is 1. The van der Waals surface area contributed by atoms with Gasteiger partial charge in [0.1, 0.15) is 5.01 Å². The fraction of sp³-hybridized carbons (Fsp3) is 0.600. The first-order chi connectivity index (χ1) is 6.97. The lowest BCUT2D eigenvalue weighted by atomic mass is 10.1. The zero-order valence-corrected chi connectivity index (χ0v) is 11.5. The number of nitrogens with one attached hydrogen (secondary N) is 1. The third-order valence-corrected chi connectivity index (χ3v) is 4.21. The van der Waals surface area contributed by atoms with Gasteiger partial charge in [0, 0.05) is 11.6 Å². The van der Waals surface area contributed by atoms with Crippen LogP contribution in [0.3, 0.4) is 0 Å². The second-order valence-corrected chi connectivity index (χ2v) is 5.83. The Morgan fingerprint density at radius 1 is 1.73 bits per heavy atom. The zero-order valence-electron chi connectivity index (χ0n) is 9.08. The summed E-state index contributed by atoms with van der Waals surface area (Å²) in [4.78, 5) is 15.8. The summed E-state index contributed by atoms with van der Waals surface area (Å²) in [5.41, 5.74) is -0.396. The van der Waals surface area contributed by atoms with Crippen LogP contribution in [0.5, 0.6) is 0 Å². The van der Waals surface area contributed by atoms with Crippen molar-refractivity contribution in [3.8, 4) is 0 Å². The second kappa shape index (κ2) is 5.07. The molecule has 0 aliphatic rings. The molecule has 0 saturated carbocycles. The minimum Gasteiger partial charge on any atom is -0.344 e. The molecule has 0 saturated heterocycles. The Morgan fingerprint density at radius 2 is 2.40 bits per heavy atom. The summed E-state index contributed by atoms with van der Waals surface area (Å²) < 4.78 is 0. The fourth-order valence-corrected chi connectivity index (χ4v) is 1.99. The van der Waals surface area contributed by atoms with Crippen molar-refractivity contribution in [1.82, 2.24) is 10.3 Å². The van der Waals surface area contributed by atoms with Crippen molar-refractivity contribution in [2.75, 3.05) is 0 Å². The van der Waals surface area contributed by atoms with E-state index in [4.69, 9.17) is 0 Å². The Bertz CT molecular complexity index is 324. The Hall–Kier alpha value is -0.420. The van der Waals surface area contributed by atoms with Crippen LogP contribution in [0.15, 0.2) is 11.6 Å². The number of hydrogen-bond acceptors (Lipinski definition) is 3. The molecule has 0 aliphatic heterocycles. The summed E-state index contributed by atoms with van der Waals surface area (Å²) in [6.07, 6.45) is 2.53. The van der Waals surface area contributed by atoms with E-state index in [9.17, 15) is 4.79 Å². The van der Waals surface area contributed by atoms with E-state index in [1.54, 1.807) is 17.5 Å². The van der Waals surface area contributed by atoms with Crippen molar-refractivity contribution >= 4 is 33.2 Å². The van der Waals surface area contributed by atoms with E-state index in [2.05, 4.69) is 26.2 Å². The molecular weight excluding hydrogens is 276 g/mol. The lowest BCUT2D eigenvalue weighted by Crippen LogP contribution is -2.44. The lowest BCUT2D eigenvalue weighted by molar-refractivity contribution is -0.122. The lowest BCUT2D eigenvalue weighted by Gasteiger charge is -2.25. The summed E-state index contributed by atoms with van der Waals surface area (Å²) in [5.74, 6) is 0.0118. The predicted octanol–water partition coefficient (Wildman–Crippen LogP) is 2.67. The molecule has 1 aromatic heterocycles. The molecule has 84 valence electrons. The van der Waals surface area contributed by atoms with Gasteiger partial charge in [-0.15, -0.1) is 11.3 Å². The van der Waals surface area contributed by atoms with Gasteiger partial charge in [-0.25, -0.2) is 4.98 Å². The number of halogens is 1. The summed E-state index contributed by atoms with van der Waals surface area (Å²) in [5, 5.41) is 5.81. The average Bonchev–Trinajstić information content (AvgIpc) is 2.69. The number of aromatic nitrogens is 1. The maximum atomic E-state index is 11.7. The highest BCUT2D eigenvalue weighted by Crippen LogP contribution is 2.22. The van der Waals surface area contributed by atoms with Gasteiger partial charge in [0.2, 0.25) is 5.91 Å². The number of hydrogen-bond donors (Lipinski definition) is 1. The molecule has 5 heteroatoms. The first-order valence-electron chi connectivity index (χ1n) is 4.83. The smallest absolute Gasteiger partial charge is 0.234 e.